The van der Waals surface area contributed by atoms with Gasteiger partial charge in [0.25, 0.3) is 5.91 Å². The molecule has 0 fully saturated rings. The molecular formula is C14H13BrN4O2. The van der Waals surface area contributed by atoms with E-state index in [1.807, 2.05) is 0 Å². The summed E-state index contributed by atoms with van der Waals surface area (Å²) in [6.07, 6.45) is 0. The van der Waals surface area contributed by atoms with Crippen LogP contribution in [0.2, 0.25) is 0 Å². The third-order valence-electron chi connectivity index (χ3n) is 2.67. The lowest BCUT2D eigenvalue weighted by atomic mass is 10.1. The number of nitrogens with one attached hydrogen (secondary N) is 2. The van der Waals surface area contributed by atoms with Crippen LogP contribution in [0.25, 0.3) is 0 Å². The molecule has 0 radical (unpaired) electrons. The average molecular weight is 349 g/mol. The number of urea groups is 1. The molecule has 0 heterocycles. The normalized spacial score (nSPS) is 9.95. The van der Waals surface area contributed by atoms with Crippen LogP contribution in [0.3, 0.4) is 0 Å². The zero-order valence-electron chi connectivity index (χ0n) is 10.9. The number of halogens is 1. The zero-order valence-corrected chi connectivity index (χ0v) is 12.5. The number of hydrogen-bond acceptors (Lipinski definition) is 3. The standard InChI is InChI=1S/C14H13BrN4O2/c15-8-1-6-12(16)11(7-8)13(20)18-9-2-4-10(5-3-9)19-14(17)21/h1-7H,16H2,(H,18,20)(H3,17,19,21). The first-order valence-electron chi connectivity index (χ1n) is 5.98. The molecule has 6 nitrogen and oxygen atoms in total. The smallest absolute Gasteiger partial charge is 0.316 e. The Morgan fingerprint density at radius 3 is 2.10 bits per heavy atom. The number of rotatable bonds is 3. The van der Waals surface area contributed by atoms with Crippen molar-refractivity contribution in [3.63, 3.8) is 0 Å². The van der Waals surface area contributed by atoms with Crippen molar-refractivity contribution < 1.29 is 9.59 Å². The molecule has 21 heavy (non-hydrogen) atoms. The van der Waals surface area contributed by atoms with Gasteiger partial charge in [-0.25, -0.2) is 4.79 Å². The van der Waals surface area contributed by atoms with Gasteiger partial charge < -0.3 is 22.1 Å². The summed E-state index contributed by atoms with van der Waals surface area (Å²) >= 11 is 3.29. The van der Waals surface area contributed by atoms with Gasteiger partial charge >= 0.3 is 6.03 Å². The number of carbonyl (C=O) groups is 2. The van der Waals surface area contributed by atoms with Crippen molar-refractivity contribution in [2.45, 2.75) is 0 Å². The first kappa shape index (κ1) is 14.9. The Labute approximate surface area is 129 Å². The second kappa shape index (κ2) is 6.27. The maximum Gasteiger partial charge on any atom is 0.316 e. The van der Waals surface area contributed by atoms with E-state index in [0.717, 1.165) is 4.47 Å². The summed E-state index contributed by atoms with van der Waals surface area (Å²) in [6, 6.07) is 11.0. The van der Waals surface area contributed by atoms with E-state index in [1.165, 1.54) is 0 Å². The van der Waals surface area contributed by atoms with Gasteiger partial charge in [-0.05, 0) is 42.5 Å². The van der Waals surface area contributed by atoms with E-state index in [0.29, 0.717) is 22.6 Å². The van der Waals surface area contributed by atoms with Crippen molar-refractivity contribution in [2.24, 2.45) is 5.73 Å². The summed E-state index contributed by atoms with van der Waals surface area (Å²) in [5.74, 6) is -0.315. The largest absolute Gasteiger partial charge is 0.398 e. The van der Waals surface area contributed by atoms with E-state index >= 15 is 0 Å². The Morgan fingerprint density at radius 1 is 0.952 bits per heavy atom. The van der Waals surface area contributed by atoms with Crippen molar-refractivity contribution in [3.8, 4) is 0 Å². The lowest BCUT2D eigenvalue weighted by Gasteiger charge is -2.09. The third kappa shape index (κ3) is 3.96. The van der Waals surface area contributed by atoms with E-state index < -0.39 is 6.03 Å². The molecule has 0 saturated heterocycles. The molecule has 0 aliphatic heterocycles. The van der Waals surface area contributed by atoms with Crippen LogP contribution in [-0.2, 0) is 0 Å². The first-order chi connectivity index (χ1) is 9.95. The molecule has 6 N–H and O–H groups in total. The Bertz CT molecular complexity index is 686. The summed E-state index contributed by atoms with van der Waals surface area (Å²) in [4.78, 5) is 22.9. The second-order valence-corrected chi connectivity index (χ2v) is 5.17. The van der Waals surface area contributed by atoms with Crippen LogP contribution in [0.5, 0.6) is 0 Å². The van der Waals surface area contributed by atoms with Crippen molar-refractivity contribution in [1.82, 2.24) is 0 Å². The maximum atomic E-state index is 12.1. The van der Waals surface area contributed by atoms with Crippen molar-refractivity contribution in [3.05, 3.63) is 52.5 Å². The predicted molar refractivity (Wildman–Crippen MR) is 86.2 cm³/mol. The summed E-state index contributed by atoms with van der Waals surface area (Å²) in [5, 5.41) is 5.16. The highest BCUT2D eigenvalue weighted by molar-refractivity contribution is 9.10. The molecule has 0 spiro atoms. The highest BCUT2D eigenvalue weighted by Gasteiger charge is 2.10. The number of amides is 3. The number of anilines is 3. The Kier molecular flexibility index (Phi) is 4.44. The summed E-state index contributed by atoms with van der Waals surface area (Å²) in [7, 11) is 0. The Morgan fingerprint density at radius 2 is 1.52 bits per heavy atom. The molecule has 3 amide bonds. The lowest BCUT2D eigenvalue weighted by Crippen LogP contribution is -2.19. The van der Waals surface area contributed by atoms with Gasteiger partial charge in [0.2, 0.25) is 0 Å². The van der Waals surface area contributed by atoms with Gasteiger partial charge in [-0.3, -0.25) is 4.79 Å². The van der Waals surface area contributed by atoms with Gasteiger partial charge in [0.15, 0.2) is 0 Å². The predicted octanol–water partition coefficient (Wildman–Crippen LogP) is 2.77. The van der Waals surface area contributed by atoms with Gasteiger partial charge in [-0.2, -0.15) is 0 Å². The van der Waals surface area contributed by atoms with Crippen LogP contribution < -0.4 is 22.1 Å². The molecule has 108 valence electrons. The highest BCUT2D eigenvalue weighted by Crippen LogP contribution is 2.20. The van der Waals surface area contributed by atoms with E-state index in [4.69, 9.17) is 11.5 Å². The van der Waals surface area contributed by atoms with Gasteiger partial charge in [0.05, 0.1) is 5.56 Å². The average Bonchev–Trinajstić information content (AvgIpc) is 2.43. The number of carbonyl (C=O) groups excluding carboxylic acids is 2. The zero-order chi connectivity index (χ0) is 15.4. The Hall–Kier alpha value is -2.54. The maximum absolute atomic E-state index is 12.1. The lowest BCUT2D eigenvalue weighted by molar-refractivity contribution is 0.102. The van der Waals surface area contributed by atoms with Crippen LogP contribution in [0.4, 0.5) is 21.9 Å². The van der Waals surface area contributed by atoms with Crippen molar-refractivity contribution in [2.75, 3.05) is 16.4 Å². The molecule has 0 aromatic heterocycles. The molecule has 0 atom stereocenters. The van der Waals surface area contributed by atoms with E-state index in [9.17, 15) is 9.59 Å². The molecule has 0 unspecified atom stereocenters. The van der Waals surface area contributed by atoms with E-state index in [-0.39, 0.29) is 5.91 Å². The molecule has 0 bridgehead atoms. The fraction of sp³-hybridized carbons (Fsp3) is 0. The van der Waals surface area contributed by atoms with Crippen molar-refractivity contribution in [1.29, 1.82) is 0 Å². The van der Waals surface area contributed by atoms with Crippen molar-refractivity contribution >= 4 is 44.9 Å². The molecule has 2 aromatic carbocycles. The van der Waals surface area contributed by atoms with Gasteiger partial charge in [0, 0.05) is 21.5 Å². The fourth-order valence-electron chi connectivity index (χ4n) is 1.70. The minimum absolute atomic E-state index is 0.315. The molecule has 0 saturated carbocycles. The highest BCUT2D eigenvalue weighted by atomic mass is 79.9. The van der Waals surface area contributed by atoms with Crippen LogP contribution in [0, 0.1) is 0 Å². The minimum Gasteiger partial charge on any atom is -0.398 e. The van der Waals surface area contributed by atoms with E-state index in [1.54, 1.807) is 42.5 Å². The first-order valence-corrected chi connectivity index (χ1v) is 6.78. The van der Waals surface area contributed by atoms with Crippen LogP contribution in [0.15, 0.2) is 46.9 Å². The number of benzene rings is 2. The van der Waals surface area contributed by atoms with Crippen LogP contribution in [0.1, 0.15) is 10.4 Å². The number of hydrogen-bond donors (Lipinski definition) is 4. The molecule has 2 aromatic rings. The number of primary amides is 1. The van der Waals surface area contributed by atoms with Gasteiger partial charge in [0.1, 0.15) is 0 Å². The summed E-state index contributed by atoms with van der Waals surface area (Å²) in [5.41, 5.74) is 12.7. The number of nitrogen functional groups attached to an aromatic ring is 1. The number of nitrogens with two attached hydrogens (primary N) is 2. The SMILES string of the molecule is NC(=O)Nc1ccc(NC(=O)c2cc(Br)ccc2N)cc1. The summed E-state index contributed by atoms with van der Waals surface area (Å²) in [6.45, 7) is 0. The minimum atomic E-state index is -0.645. The molecule has 7 heteroatoms. The monoisotopic (exact) mass is 348 g/mol. The third-order valence-corrected chi connectivity index (χ3v) is 3.16. The van der Waals surface area contributed by atoms with Crippen LogP contribution in [-0.4, -0.2) is 11.9 Å². The Balaban J connectivity index is 2.12. The van der Waals surface area contributed by atoms with Crippen LogP contribution >= 0.6 is 15.9 Å². The summed E-state index contributed by atoms with van der Waals surface area (Å²) < 4.78 is 0.767. The topological polar surface area (TPSA) is 110 Å². The fourth-order valence-corrected chi connectivity index (χ4v) is 2.06. The van der Waals surface area contributed by atoms with E-state index in [2.05, 4.69) is 26.6 Å². The molecule has 0 aliphatic carbocycles. The van der Waals surface area contributed by atoms with Gasteiger partial charge in [-0.15, -0.1) is 0 Å². The quantitative estimate of drug-likeness (QED) is 0.640. The van der Waals surface area contributed by atoms with Gasteiger partial charge in [-0.1, -0.05) is 15.9 Å². The molecule has 0 aliphatic rings. The molecule has 2 rings (SSSR count). The second-order valence-electron chi connectivity index (χ2n) is 4.25. The molecular weight excluding hydrogens is 336 g/mol.